The predicted octanol–water partition coefficient (Wildman–Crippen LogP) is 10.7. The molecule has 0 N–H and O–H groups in total. The van der Waals surface area contributed by atoms with Crippen LogP contribution < -0.4 is 0 Å². The van der Waals surface area contributed by atoms with Crippen molar-refractivity contribution in [2.45, 2.75) is 168 Å². The Morgan fingerprint density at radius 1 is 0.452 bits per heavy atom. The summed E-state index contributed by atoms with van der Waals surface area (Å²) in [6.45, 7) is 4.55. The highest BCUT2D eigenvalue weighted by molar-refractivity contribution is 5.86. The maximum atomic E-state index is 11.9. The van der Waals surface area contributed by atoms with Crippen molar-refractivity contribution >= 4 is 5.78 Å². The van der Waals surface area contributed by atoms with Crippen molar-refractivity contribution < 1.29 is 4.79 Å². The Balaban J connectivity index is 3.19. The lowest BCUT2D eigenvalue weighted by molar-refractivity contribution is -0.116. The van der Waals surface area contributed by atoms with Gasteiger partial charge in [-0.3, -0.25) is 4.79 Å². The van der Waals surface area contributed by atoms with Crippen LogP contribution in [0.4, 0.5) is 0 Å². The number of Topliss-reactive ketones (excluding diaryl/α,β-unsaturated/α-hetero) is 1. The van der Waals surface area contributed by atoms with Crippen LogP contribution in [0.15, 0.2) is 12.2 Å². The van der Waals surface area contributed by atoms with Crippen molar-refractivity contribution in [3.63, 3.8) is 0 Å². The molecule has 0 bridgehead atoms. The van der Waals surface area contributed by atoms with Gasteiger partial charge in [-0.2, -0.15) is 0 Å². The third-order valence-corrected chi connectivity index (χ3v) is 6.36. The zero-order valence-electron chi connectivity index (χ0n) is 21.6. The molecule has 0 aromatic heterocycles. The van der Waals surface area contributed by atoms with E-state index in [1.807, 2.05) is 6.42 Å². The number of rotatable bonds is 26. The van der Waals surface area contributed by atoms with Crippen LogP contribution in [0.5, 0.6) is 0 Å². The molecule has 1 radical (unpaired) electrons. The summed E-state index contributed by atoms with van der Waals surface area (Å²) in [6, 6.07) is 0. The minimum absolute atomic E-state index is 0.387. The Morgan fingerprint density at radius 3 is 1.26 bits per heavy atom. The van der Waals surface area contributed by atoms with Crippen LogP contribution in [0.3, 0.4) is 0 Å². The molecule has 0 fully saturated rings. The molecule has 0 aromatic rings. The molecule has 183 valence electrons. The quantitative estimate of drug-likeness (QED) is 0.0978. The van der Waals surface area contributed by atoms with Gasteiger partial charge in [0.2, 0.25) is 0 Å². The van der Waals surface area contributed by atoms with Gasteiger partial charge in [0, 0.05) is 12.8 Å². The van der Waals surface area contributed by atoms with Crippen LogP contribution in [-0.4, -0.2) is 5.78 Å². The number of allylic oxidation sites excluding steroid dienone is 2. The first kappa shape index (κ1) is 30.4. The predicted molar refractivity (Wildman–Crippen MR) is 141 cm³/mol. The van der Waals surface area contributed by atoms with Crippen LogP contribution >= 0.6 is 0 Å². The highest BCUT2D eigenvalue weighted by Crippen LogP contribution is 2.13. The summed E-state index contributed by atoms with van der Waals surface area (Å²) in [4.78, 5) is 11.9. The van der Waals surface area contributed by atoms with Crippen molar-refractivity contribution in [1.29, 1.82) is 0 Å². The summed E-state index contributed by atoms with van der Waals surface area (Å²) in [5, 5.41) is 0. The SMILES string of the molecule is CCCCCCCC/C=C\CCCCCCC[CH]C(=O)CCCCCCCCCCC. The molecule has 0 aliphatic heterocycles. The molecule has 0 saturated carbocycles. The van der Waals surface area contributed by atoms with E-state index in [9.17, 15) is 4.79 Å². The lowest BCUT2D eigenvalue weighted by atomic mass is 10.0. The molecule has 0 aromatic carbocycles. The second-order valence-corrected chi connectivity index (χ2v) is 9.62. The average Bonchev–Trinajstić information content (AvgIpc) is 2.77. The largest absolute Gasteiger partial charge is 0.299 e. The summed E-state index contributed by atoms with van der Waals surface area (Å²) in [6.07, 6.45) is 37.8. The van der Waals surface area contributed by atoms with Crippen LogP contribution in [0.1, 0.15) is 168 Å². The highest BCUT2D eigenvalue weighted by Gasteiger charge is 2.02. The minimum atomic E-state index is 0.387. The minimum Gasteiger partial charge on any atom is -0.299 e. The summed E-state index contributed by atoms with van der Waals surface area (Å²) < 4.78 is 0. The Labute approximate surface area is 197 Å². The monoisotopic (exact) mass is 433 g/mol. The Bertz CT molecular complexity index is 371. The van der Waals surface area contributed by atoms with E-state index in [0.29, 0.717) is 5.78 Å². The van der Waals surface area contributed by atoms with Crippen LogP contribution in [0.25, 0.3) is 0 Å². The zero-order chi connectivity index (χ0) is 22.7. The van der Waals surface area contributed by atoms with E-state index in [0.717, 1.165) is 19.3 Å². The number of ketones is 1. The fraction of sp³-hybridized carbons (Fsp3) is 0.867. The van der Waals surface area contributed by atoms with E-state index in [2.05, 4.69) is 26.0 Å². The molecule has 1 heteroatoms. The van der Waals surface area contributed by atoms with E-state index < -0.39 is 0 Å². The number of carbonyl (C=O) groups is 1. The van der Waals surface area contributed by atoms with Crippen molar-refractivity contribution in [3.8, 4) is 0 Å². The maximum absolute atomic E-state index is 11.9. The first-order valence-electron chi connectivity index (χ1n) is 14.3. The Morgan fingerprint density at radius 2 is 0.806 bits per heavy atom. The van der Waals surface area contributed by atoms with Crippen molar-refractivity contribution in [2.75, 3.05) is 0 Å². The van der Waals surface area contributed by atoms with Crippen molar-refractivity contribution in [1.82, 2.24) is 0 Å². The standard InChI is InChI=1S/C30H57O/c1-3-5-7-9-11-13-14-15-16-17-18-19-21-23-25-27-29-30(31)28-26-24-22-20-12-10-8-6-4-2/h15-16,29H,3-14,17-28H2,1-2H3/b16-15-. The molecule has 0 aliphatic rings. The van der Waals surface area contributed by atoms with Gasteiger partial charge in [0.15, 0.2) is 0 Å². The van der Waals surface area contributed by atoms with E-state index >= 15 is 0 Å². The summed E-state index contributed by atoms with van der Waals surface area (Å²) in [7, 11) is 0. The Kier molecular flexibility index (Phi) is 26.9. The molecule has 1 nitrogen and oxygen atoms in total. The van der Waals surface area contributed by atoms with Crippen molar-refractivity contribution in [3.05, 3.63) is 18.6 Å². The molecule has 0 amide bonds. The normalized spacial score (nSPS) is 11.5. The number of carbonyl (C=O) groups excluding carboxylic acids is 1. The van der Waals surface area contributed by atoms with Gasteiger partial charge in [-0.1, -0.05) is 135 Å². The lowest BCUT2D eigenvalue weighted by Crippen LogP contribution is -1.98. The molecule has 0 heterocycles. The molecule has 0 saturated heterocycles. The highest BCUT2D eigenvalue weighted by atomic mass is 16.1. The number of unbranched alkanes of at least 4 members (excludes halogenated alkanes) is 20. The first-order valence-corrected chi connectivity index (χ1v) is 14.3. The number of hydrogen-bond donors (Lipinski definition) is 0. The summed E-state index contributed by atoms with van der Waals surface area (Å²) in [5.74, 6) is 0.387. The van der Waals surface area contributed by atoms with Gasteiger partial charge in [-0.25, -0.2) is 0 Å². The molecule has 0 atom stereocenters. The second kappa shape index (κ2) is 27.4. The van der Waals surface area contributed by atoms with Gasteiger partial charge in [-0.05, 0) is 38.5 Å². The fourth-order valence-corrected chi connectivity index (χ4v) is 4.19. The molecular formula is C30H57O. The second-order valence-electron chi connectivity index (χ2n) is 9.62. The molecule has 0 unspecified atom stereocenters. The summed E-state index contributed by atoms with van der Waals surface area (Å²) >= 11 is 0. The third kappa shape index (κ3) is 27.4. The van der Waals surface area contributed by atoms with Gasteiger partial charge < -0.3 is 0 Å². The van der Waals surface area contributed by atoms with Crippen LogP contribution in [-0.2, 0) is 4.79 Å². The molecule has 0 aliphatic carbocycles. The number of hydrogen-bond acceptors (Lipinski definition) is 1. The van der Waals surface area contributed by atoms with Gasteiger partial charge in [0.05, 0.1) is 0 Å². The Hall–Kier alpha value is -0.590. The van der Waals surface area contributed by atoms with E-state index in [-0.39, 0.29) is 0 Å². The van der Waals surface area contributed by atoms with Gasteiger partial charge in [-0.15, -0.1) is 0 Å². The average molecular weight is 434 g/mol. The topological polar surface area (TPSA) is 17.1 Å². The molecule has 0 rings (SSSR count). The first-order chi connectivity index (χ1) is 15.3. The van der Waals surface area contributed by atoms with E-state index in [1.54, 1.807) is 0 Å². The molecular weight excluding hydrogens is 376 g/mol. The van der Waals surface area contributed by atoms with Gasteiger partial charge >= 0.3 is 0 Å². The smallest absolute Gasteiger partial charge is 0.136 e. The zero-order valence-corrected chi connectivity index (χ0v) is 21.6. The van der Waals surface area contributed by atoms with E-state index in [1.165, 1.54) is 135 Å². The van der Waals surface area contributed by atoms with E-state index in [4.69, 9.17) is 0 Å². The van der Waals surface area contributed by atoms with Gasteiger partial charge in [0.25, 0.3) is 0 Å². The van der Waals surface area contributed by atoms with Crippen LogP contribution in [0, 0.1) is 6.42 Å². The summed E-state index contributed by atoms with van der Waals surface area (Å²) in [5.41, 5.74) is 0. The van der Waals surface area contributed by atoms with Gasteiger partial charge in [0.1, 0.15) is 5.78 Å². The maximum Gasteiger partial charge on any atom is 0.136 e. The molecule has 0 spiro atoms. The third-order valence-electron chi connectivity index (χ3n) is 6.36. The van der Waals surface area contributed by atoms with Crippen LogP contribution in [0.2, 0.25) is 0 Å². The lowest BCUT2D eigenvalue weighted by Gasteiger charge is -2.03. The fourth-order valence-electron chi connectivity index (χ4n) is 4.19. The van der Waals surface area contributed by atoms with Crippen molar-refractivity contribution in [2.24, 2.45) is 0 Å². The molecule has 31 heavy (non-hydrogen) atoms.